The van der Waals surface area contributed by atoms with Crippen LogP contribution in [0.5, 0.6) is 0 Å². The summed E-state index contributed by atoms with van der Waals surface area (Å²) in [7, 11) is 0. The Kier molecular flexibility index (Phi) is 9.65. The van der Waals surface area contributed by atoms with Gasteiger partial charge in [-0.1, -0.05) is 36.4 Å². The molecule has 0 radical (unpaired) electrons. The third kappa shape index (κ3) is 7.06. The zero-order valence-electron chi connectivity index (χ0n) is 22.0. The van der Waals surface area contributed by atoms with E-state index >= 15 is 0 Å². The Morgan fingerprint density at radius 2 is 1.22 bits per heavy atom. The first-order chi connectivity index (χ1) is 19.7. The Labute approximate surface area is 240 Å². The highest BCUT2D eigenvalue weighted by atomic mass is 32.1. The summed E-state index contributed by atoms with van der Waals surface area (Å²) in [5, 5.41) is 28.4. The largest absolute Gasteiger partial charge is 0.480 e. The lowest BCUT2D eigenvalue weighted by Crippen LogP contribution is -2.58. The summed E-state index contributed by atoms with van der Waals surface area (Å²) in [6.07, 6.45) is 3.48. The average Bonchev–Trinajstić information content (AvgIpc) is 3.58. The Bertz CT molecular complexity index is 1550. The van der Waals surface area contributed by atoms with Crippen molar-refractivity contribution in [3.63, 3.8) is 0 Å². The molecule has 0 aliphatic heterocycles. The van der Waals surface area contributed by atoms with Gasteiger partial charge in [0.25, 0.3) is 0 Å². The van der Waals surface area contributed by atoms with E-state index in [1.165, 1.54) is 0 Å². The Morgan fingerprint density at radius 3 is 1.73 bits per heavy atom. The molecule has 0 spiro atoms. The number of carboxylic acids is 1. The van der Waals surface area contributed by atoms with Crippen LogP contribution in [-0.4, -0.2) is 80.4 Å². The van der Waals surface area contributed by atoms with Crippen molar-refractivity contribution in [3.8, 4) is 0 Å². The van der Waals surface area contributed by atoms with Crippen LogP contribution < -0.4 is 21.7 Å². The Hall–Kier alpha value is -4.33. The number of hydrogen-bond donors (Lipinski definition) is 9. The highest BCUT2D eigenvalue weighted by molar-refractivity contribution is 7.80. The van der Waals surface area contributed by atoms with E-state index in [4.69, 9.17) is 5.73 Å². The minimum absolute atomic E-state index is 0.0105. The molecular formula is C28H32N6O6S. The van der Waals surface area contributed by atoms with Crippen LogP contribution in [0.3, 0.4) is 0 Å². The second-order valence-electron chi connectivity index (χ2n) is 9.62. The zero-order chi connectivity index (χ0) is 29.5. The maximum Gasteiger partial charge on any atom is 0.326 e. The predicted octanol–water partition coefficient (Wildman–Crippen LogP) is 0.223. The fraction of sp³-hybridized carbons (Fsp3) is 0.286. The standard InChI is InChI=1S/C28H32N6O6S/c29-19(13-35)25(36)32-22(9-15-11-30-20-7-3-1-5-17(15)20)26(37)34-24(14-41)27(38)33-23(28(39)40)10-16-12-31-21-8-4-2-6-18(16)21/h1-8,11-12,19,22-24,30-31,35,41H,9-10,13-14,29H2,(H,32,36)(H,33,38)(H,34,37)(H,39,40). The van der Waals surface area contributed by atoms with Gasteiger partial charge in [-0.05, 0) is 23.3 Å². The number of rotatable bonds is 13. The van der Waals surface area contributed by atoms with Crippen LogP contribution in [0, 0.1) is 0 Å². The Balaban J connectivity index is 1.48. The van der Waals surface area contributed by atoms with E-state index in [9.17, 15) is 29.4 Å². The van der Waals surface area contributed by atoms with E-state index < -0.39 is 54.5 Å². The normalized spacial score (nSPS) is 14.2. The molecule has 4 unspecified atom stereocenters. The van der Waals surface area contributed by atoms with Gasteiger partial charge in [0, 0.05) is 52.8 Å². The first kappa shape index (κ1) is 29.6. The van der Waals surface area contributed by atoms with Crippen molar-refractivity contribution in [3.05, 3.63) is 72.1 Å². The average molecular weight is 581 g/mol. The van der Waals surface area contributed by atoms with Crippen LogP contribution in [0.1, 0.15) is 11.1 Å². The number of aliphatic hydroxyl groups is 1. The maximum atomic E-state index is 13.4. The molecular weight excluding hydrogens is 548 g/mol. The van der Waals surface area contributed by atoms with Gasteiger partial charge in [0.05, 0.1) is 6.61 Å². The number of aromatic amines is 2. The van der Waals surface area contributed by atoms with Crippen LogP contribution >= 0.6 is 12.6 Å². The van der Waals surface area contributed by atoms with Crippen LogP contribution in [-0.2, 0) is 32.0 Å². The summed E-state index contributed by atoms with van der Waals surface area (Å²) in [6, 6.07) is 9.93. The van der Waals surface area contributed by atoms with Gasteiger partial charge in [-0.25, -0.2) is 4.79 Å². The SMILES string of the molecule is NC(CO)C(=O)NC(Cc1c[nH]c2ccccc12)C(=O)NC(CS)C(=O)NC(Cc1c[nH]c2ccccc12)C(=O)O. The van der Waals surface area contributed by atoms with E-state index in [1.807, 2.05) is 48.5 Å². The first-order valence-corrected chi connectivity index (χ1v) is 13.6. The molecule has 0 aliphatic carbocycles. The monoisotopic (exact) mass is 580 g/mol. The summed E-state index contributed by atoms with van der Waals surface area (Å²) in [6.45, 7) is -0.623. The number of fused-ring (bicyclic) bond motifs is 2. The number of nitrogens with two attached hydrogens (primary N) is 1. The number of carboxylic acid groups (broad SMARTS) is 1. The fourth-order valence-electron chi connectivity index (χ4n) is 4.55. The van der Waals surface area contributed by atoms with Gasteiger partial charge in [-0.2, -0.15) is 12.6 Å². The molecule has 0 fully saturated rings. The van der Waals surface area contributed by atoms with Crippen LogP contribution in [0.2, 0.25) is 0 Å². The third-order valence-corrected chi connectivity index (χ3v) is 7.16. The van der Waals surface area contributed by atoms with Crippen molar-refractivity contribution < 1.29 is 29.4 Å². The van der Waals surface area contributed by atoms with Crippen molar-refractivity contribution >= 4 is 58.1 Å². The van der Waals surface area contributed by atoms with E-state index in [1.54, 1.807) is 12.4 Å². The molecule has 12 nitrogen and oxygen atoms in total. The predicted molar refractivity (Wildman–Crippen MR) is 156 cm³/mol. The minimum Gasteiger partial charge on any atom is -0.480 e. The van der Waals surface area contributed by atoms with E-state index in [-0.39, 0.29) is 18.6 Å². The summed E-state index contributed by atoms with van der Waals surface area (Å²) >= 11 is 4.19. The van der Waals surface area contributed by atoms with Crippen molar-refractivity contribution in [1.82, 2.24) is 25.9 Å². The van der Waals surface area contributed by atoms with Crippen molar-refractivity contribution in [1.29, 1.82) is 0 Å². The number of nitrogens with one attached hydrogen (secondary N) is 5. The topological polar surface area (TPSA) is 202 Å². The number of amides is 3. The van der Waals surface area contributed by atoms with Crippen LogP contribution in [0.25, 0.3) is 21.8 Å². The quantitative estimate of drug-likeness (QED) is 0.101. The third-order valence-electron chi connectivity index (χ3n) is 6.79. The van der Waals surface area contributed by atoms with Crippen molar-refractivity contribution in [2.24, 2.45) is 5.73 Å². The zero-order valence-corrected chi connectivity index (χ0v) is 22.9. The lowest BCUT2D eigenvalue weighted by Gasteiger charge is -2.24. The van der Waals surface area contributed by atoms with Crippen molar-refractivity contribution in [2.45, 2.75) is 37.0 Å². The number of thiol groups is 1. The number of hydrogen-bond acceptors (Lipinski definition) is 7. The number of aliphatic hydroxyl groups excluding tert-OH is 1. The van der Waals surface area contributed by atoms with Gasteiger partial charge >= 0.3 is 5.97 Å². The fourth-order valence-corrected chi connectivity index (χ4v) is 4.81. The molecule has 13 heteroatoms. The van der Waals surface area contributed by atoms with Gasteiger partial charge in [0.15, 0.2) is 0 Å². The second kappa shape index (κ2) is 13.4. The van der Waals surface area contributed by atoms with Gasteiger partial charge < -0.3 is 41.9 Å². The maximum absolute atomic E-state index is 13.4. The number of carbonyl (C=O) groups is 4. The number of H-pyrrole nitrogens is 2. The van der Waals surface area contributed by atoms with Gasteiger partial charge in [0.2, 0.25) is 17.7 Å². The molecule has 2 heterocycles. The first-order valence-electron chi connectivity index (χ1n) is 12.9. The molecule has 0 saturated heterocycles. The molecule has 4 atom stereocenters. The molecule has 0 aliphatic rings. The molecule has 3 amide bonds. The van der Waals surface area contributed by atoms with Crippen LogP contribution in [0.4, 0.5) is 0 Å². The number of aliphatic carboxylic acids is 1. The highest BCUT2D eigenvalue weighted by Crippen LogP contribution is 2.20. The lowest BCUT2D eigenvalue weighted by atomic mass is 10.0. The minimum atomic E-state index is -1.27. The highest BCUT2D eigenvalue weighted by Gasteiger charge is 2.30. The summed E-state index contributed by atoms with van der Waals surface area (Å²) in [5.41, 5.74) is 8.76. The van der Waals surface area contributed by atoms with Crippen LogP contribution in [0.15, 0.2) is 60.9 Å². The summed E-state index contributed by atoms with van der Waals surface area (Å²) in [5.74, 6) is -3.57. The number of benzene rings is 2. The molecule has 4 rings (SSSR count). The van der Waals surface area contributed by atoms with Gasteiger partial charge in [0.1, 0.15) is 24.2 Å². The molecule has 216 valence electrons. The number of carbonyl (C=O) groups excluding carboxylic acids is 3. The number of para-hydroxylation sites is 2. The molecule has 2 aromatic heterocycles. The smallest absolute Gasteiger partial charge is 0.326 e. The van der Waals surface area contributed by atoms with E-state index in [0.717, 1.165) is 27.4 Å². The second-order valence-corrected chi connectivity index (χ2v) is 9.99. The molecule has 2 aromatic carbocycles. The number of aromatic nitrogens is 2. The van der Waals surface area contributed by atoms with Gasteiger partial charge in [-0.15, -0.1) is 0 Å². The molecule has 0 bridgehead atoms. The van der Waals surface area contributed by atoms with E-state index in [0.29, 0.717) is 5.56 Å². The molecule has 41 heavy (non-hydrogen) atoms. The van der Waals surface area contributed by atoms with Gasteiger partial charge in [-0.3, -0.25) is 14.4 Å². The Morgan fingerprint density at radius 1 is 0.756 bits per heavy atom. The van der Waals surface area contributed by atoms with E-state index in [2.05, 4.69) is 38.5 Å². The summed E-state index contributed by atoms with van der Waals surface area (Å²) < 4.78 is 0. The molecule has 4 aromatic rings. The molecule has 9 N–H and O–H groups in total. The van der Waals surface area contributed by atoms with Crippen molar-refractivity contribution in [2.75, 3.05) is 12.4 Å². The summed E-state index contributed by atoms with van der Waals surface area (Å²) in [4.78, 5) is 57.2. The lowest BCUT2D eigenvalue weighted by molar-refractivity contribution is -0.142. The molecule has 0 saturated carbocycles.